The zero-order chi connectivity index (χ0) is 15.0. The van der Waals surface area contributed by atoms with E-state index in [9.17, 15) is 4.79 Å². The van der Waals surface area contributed by atoms with Crippen LogP contribution in [0.2, 0.25) is 0 Å². The first kappa shape index (κ1) is 16.7. The van der Waals surface area contributed by atoms with Crippen LogP contribution in [0.25, 0.3) is 0 Å². The Morgan fingerprint density at radius 1 is 1.25 bits per heavy atom. The van der Waals surface area contributed by atoms with Crippen LogP contribution in [0, 0.1) is 5.92 Å². The molecule has 1 N–H and O–H groups in total. The molecule has 2 unspecified atom stereocenters. The van der Waals surface area contributed by atoms with Crippen LogP contribution in [0.15, 0.2) is 30.3 Å². The van der Waals surface area contributed by atoms with Gasteiger partial charge in [0.2, 0.25) is 5.91 Å². The van der Waals surface area contributed by atoms with E-state index in [1.165, 1.54) is 5.56 Å². The van der Waals surface area contributed by atoms with Crippen molar-refractivity contribution >= 4 is 5.91 Å². The Labute approximate surface area is 123 Å². The van der Waals surface area contributed by atoms with Gasteiger partial charge in [0.25, 0.3) is 0 Å². The fraction of sp³-hybridized carbons (Fsp3) is 0.588. The highest BCUT2D eigenvalue weighted by molar-refractivity contribution is 5.78. The van der Waals surface area contributed by atoms with Crippen molar-refractivity contribution in [2.24, 2.45) is 5.92 Å². The Hall–Kier alpha value is -1.35. The molecule has 0 heterocycles. The van der Waals surface area contributed by atoms with Gasteiger partial charge in [0.1, 0.15) is 0 Å². The molecule has 0 aromatic heterocycles. The Morgan fingerprint density at radius 2 is 1.90 bits per heavy atom. The Balaban J connectivity index is 2.50. The van der Waals surface area contributed by atoms with Gasteiger partial charge in [-0.2, -0.15) is 0 Å². The van der Waals surface area contributed by atoms with E-state index in [2.05, 4.69) is 55.5 Å². The van der Waals surface area contributed by atoms with Crippen molar-refractivity contribution in [2.75, 3.05) is 20.6 Å². The van der Waals surface area contributed by atoms with E-state index in [-0.39, 0.29) is 11.8 Å². The second-order valence-corrected chi connectivity index (χ2v) is 5.74. The first-order valence-corrected chi connectivity index (χ1v) is 7.52. The molecule has 1 aromatic rings. The van der Waals surface area contributed by atoms with E-state index in [1.54, 1.807) is 0 Å². The van der Waals surface area contributed by atoms with Crippen LogP contribution in [-0.4, -0.2) is 37.5 Å². The summed E-state index contributed by atoms with van der Waals surface area (Å²) in [5, 5.41) is 3.09. The van der Waals surface area contributed by atoms with Crippen LogP contribution < -0.4 is 5.32 Å². The minimum atomic E-state index is 0.111. The zero-order valence-corrected chi connectivity index (χ0v) is 13.2. The molecule has 0 spiro atoms. The van der Waals surface area contributed by atoms with Crippen molar-refractivity contribution < 1.29 is 4.79 Å². The first-order chi connectivity index (χ1) is 9.54. The fourth-order valence-electron chi connectivity index (χ4n) is 2.28. The number of nitrogens with one attached hydrogen (secondary N) is 1. The number of carbonyl (C=O) groups excluding carboxylic acids is 1. The van der Waals surface area contributed by atoms with Crippen LogP contribution in [0.4, 0.5) is 0 Å². The van der Waals surface area contributed by atoms with Crippen molar-refractivity contribution in [1.82, 2.24) is 10.2 Å². The molecule has 20 heavy (non-hydrogen) atoms. The molecule has 0 aliphatic rings. The summed E-state index contributed by atoms with van der Waals surface area (Å²) in [6.45, 7) is 4.82. The summed E-state index contributed by atoms with van der Waals surface area (Å²) in [5.41, 5.74) is 1.31. The monoisotopic (exact) mass is 276 g/mol. The lowest BCUT2D eigenvalue weighted by atomic mass is 10.0. The van der Waals surface area contributed by atoms with E-state index >= 15 is 0 Å². The Kier molecular flexibility index (Phi) is 7.31. The number of rotatable bonds is 8. The van der Waals surface area contributed by atoms with E-state index in [4.69, 9.17) is 0 Å². The van der Waals surface area contributed by atoms with Crippen LogP contribution in [0.5, 0.6) is 0 Å². The van der Waals surface area contributed by atoms with E-state index in [0.29, 0.717) is 12.6 Å². The molecule has 0 aliphatic carbocycles. The van der Waals surface area contributed by atoms with Gasteiger partial charge in [-0.05, 0) is 32.5 Å². The molecule has 1 rings (SSSR count). The second-order valence-electron chi connectivity index (χ2n) is 5.74. The molecule has 3 nitrogen and oxygen atoms in total. The molecule has 0 saturated carbocycles. The predicted octanol–water partition coefficient (Wildman–Crippen LogP) is 2.71. The number of likely N-dealkylation sites (N-methyl/N-ethyl adjacent to an activating group) is 1. The number of benzene rings is 1. The molecule has 0 aliphatic heterocycles. The van der Waals surface area contributed by atoms with Gasteiger partial charge < -0.3 is 10.2 Å². The summed E-state index contributed by atoms with van der Waals surface area (Å²) >= 11 is 0. The van der Waals surface area contributed by atoms with Gasteiger partial charge in [0, 0.05) is 18.5 Å². The molecular formula is C17H28N2O. The van der Waals surface area contributed by atoms with Crippen LogP contribution >= 0.6 is 0 Å². The number of nitrogens with zero attached hydrogens (tertiary/aromatic N) is 1. The van der Waals surface area contributed by atoms with Crippen molar-refractivity contribution in [3.05, 3.63) is 35.9 Å². The summed E-state index contributed by atoms with van der Waals surface area (Å²) in [6.07, 6.45) is 2.96. The van der Waals surface area contributed by atoms with E-state index < -0.39 is 0 Å². The van der Waals surface area contributed by atoms with Gasteiger partial charge in [0.15, 0.2) is 0 Å². The summed E-state index contributed by atoms with van der Waals surface area (Å²) in [6, 6.07) is 10.8. The molecule has 0 fully saturated rings. The minimum Gasteiger partial charge on any atom is -0.354 e. The Bertz CT molecular complexity index is 389. The lowest BCUT2D eigenvalue weighted by molar-refractivity contribution is -0.124. The standard InChI is InChI=1S/C17H28N2O/c1-5-9-14(2)17(20)18-13-16(19(3)4)12-15-10-7-6-8-11-15/h6-8,10-11,14,16H,5,9,12-13H2,1-4H3,(H,18,20). The van der Waals surface area contributed by atoms with Gasteiger partial charge in [-0.1, -0.05) is 50.6 Å². The smallest absolute Gasteiger partial charge is 0.222 e. The van der Waals surface area contributed by atoms with Crippen molar-refractivity contribution in [2.45, 2.75) is 39.2 Å². The highest BCUT2D eigenvalue weighted by atomic mass is 16.1. The highest BCUT2D eigenvalue weighted by Gasteiger charge is 2.16. The van der Waals surface area contributed by atoms with Gasteiger partial charge in [-0.25, -0.2) is 0 Å². The second kappa shape index (κ2) is 8.75. The van der Waals surface area contributed by atoms with Crippen LogP contribution in [0.1, 0.15) is 32.3 Å². The quantitative estimate of drug-likeness (QED) is 0.792. The average molecular weight is 276 g/mol. The summed E-state index contributed by atoms with van der Waals surface area (Å²) in [5.74, 6) is 0.284. The predicted molar refractivity (Wildman–Crippen MR) is 84.7 cm³/mol. The van der Waals surface area contributed by atoms with Crippen molar-refractivity contribution in [1.29, 1.82) is 0 Å². The molecule has 0 saturated heterocycles. The third-order valence-corrected chi connectivity index (χ3v) is 3.73. The zero-order valence-electron chi connectivity index (χ0n) is 13.2. The van der Waals surface area contributed by atoms with Crippen molar-refractivity contribution in [3.8, 4) is 0 Å². The molecule has 3 heteroatoms. The van der Waals surface area contributed by atoms with E-state index in [1.807, 2.05) is 13.0 Å². The molecule has 1 amide bonds. The molecule has 0 bridgehead atoms. The van der Waals surface area contributed by atoms with Crippen LogP contribution in [0.3, 0.4) is 0 Å². The number of hydrogen-bond acceptors (Lipinski definition) is 2. The topological polar surface area (TPSA) is 32.3 Å². The largest absolute Gasteiger partial charge is 0.354 e. The van der Waals surface area contributed by atoms with E-state index in [0.717, 1.165) is 19.3 Å². The normalized spacial score (nSPS) is 14.1. The molecule has 2 atom stereocenters. The maximum Gasteiger partial charge on any atom is 0.222 e. The van der Waals surface area contributed by atoms with Gasteiger partial charge in [0.05, 0.1) is 0 Å². The van der Waals surface area contributed by atoms with Crippen LogP contribution in [-0.2, 0) is 11.2 Å². The molecule has 0 radical (unpaired) electrons. The maximum absolute atomic E-state index is 12.0. The third-order valence-electron chi connectivity index (χ3n) is 3.73. The van der Waals surface area contributed by atoms with Gasteiger partial charge in [-0.3, -0.25) is 4.79 Å². The summed E-state index contributed by atoms with van der Waals surface area (Å²) in [4.78, 5) is 14.2. The highest BCUT2D eigenvalue weighted by Crippen LogP contribution is 2.08. The molecule has 1 aromatic carbocycles. The lowest BCUT2D eigenvalue weighted by Gasteiger charge is -2.25. The first-order valence-electron chi connectivity index (χ1n) is 7.52. The summed E-state index contributed by atoms with van der Waals surface area (Å²) in [7, 11) is 4.13. The number of amides is 1. The van der Waals surface area contributed by atoms with Gasteiger partial charge in [-0.15, -0.1) is 0 Å². The van der Waals surface area contributed by atoms with Gasteiger partial charge >= 0.3 is 0 Å². The third kappa shape index (κ3) is 5.74. The number of hydrogen-bond donors (Lipinski definition) is 1. The SMILES string of the molecule is CCCC(C)C(=O)NCC(Cc1ccccc1)N(C)C. The molecular weight excluding hydrogens is 248 g/mol. The van der Waals surface area contributed by atoms with Crippen molar-refractivity contribution in [3.63, 3.8) is 0 Å². The summed E-state index contributed by atoms with van der Waals surface area (Å²) < 4.78 is 0. The Morgan fingerprint density at radius 3 is 2.45 bits per heavy atom. The molecule has 112 valence electrons. The average Bonchev–Trinajstić information content (AvgIpc) is 2.44. The maximum atomic E-state index is 12.0. The minimum absolute atomic E-state index is 0.111. The number of carbonyl (C=O) groups is 1. The fourth-order valence-corrected chi connectivity index (χ4v) is 2.28. The lowest BCUT2D eigenvalue weighted by Crippen LogP contribution is -2.43.